The average molecular weight is 448 g/mol. The fraction of sp³-hybridized carbons (Fsp3) is 0.273. The Morgan fingerprint density at radius 2 is 1.90 bits per heavy atom. The van der Waals surface area contributed by atoms with Crippen molar-refractivity contribution in [2.45, 2.75) is 33.2 Å². The van der Waals surface area contributed by atoms with Gasteiger partial charge in [0.05, 0.1) is 19.4 Å². The van der Waals surface area contributed by atoms with Crippen molar-refractivity contribution in [2.75, 3.05) is 12.4 Å². The van der Waals surface area contributed by atoms with Gasteiger partial charge in [-0.2, -0.15) is 8.78 Å². The highest BCUT2D eigenvalue weighted by Gasteiger charge is 2.17. The van der Waals surface area contributed by atoms with Crippen molar-refractivity contribution in [3.05, 3.63) is 59.0 Å². The molecule has 0 aliphatic heterocycles. The maximum absolute atomic E-state index is 12.5. The molecule has 0 aliphatic carbocycles. The molecule has 0 saturated heterocycles. The van der Waals surface area contributed by atoms with Gasteiger partial charge in [-0.1, -0.05) is 12.1 Å². The van der Waals surface area contributed by atoms with Crippen LogP contribution < -0.4 is 14.8 Å². The van der Waals surface area contributed by atoms with E-state index >= 15 is 0 Å². The largest absolute Gasteiger partial charge is 0.497 e. The smallest absolute Gasteiger partial charge is 0.387 e. The molecule has 31 heavy (non-hydrogen) atoms. The number of aromatic nitrogens is 1. The van der Waals surface area contributed by atoms with Crippen molar-refractivity contribution in [3.63, 3.8) is 0 Å². The lowest BCUT2D eigenvalue weighted by molar-refractivity contribution is -0.127. The first kappa shape index (κ1) is 22.6. The standard InChI is InChI=1S/C22H22F2N2O4S/c1-13(29-12-15-5-4-6-18(11-15)28-3)20(27)26-22-25-19(14(2)31-22)16-7-9-17(10-8-16)30-21(23)24/h4-11,13,21H,12H2,1-3H3,(H,25,26,27). The number of aryl methyl sites for hydroxylation is 1. The third-order valence-corrected chi connectivity index (χ3v) is 5.27. The molecule has 1 aromatic heterocycles. The molecular weight excluding hydrogens is 426 g/mol. The molecular formula is C22H22F2N2O4S. The van der Waals surface area contributed by atoms with Crippen LogP contribution in [0.1, 0.15) is 17.4 Å². The molecule has 9 heteroatoms. The molecule has 1 atom stereocenters. The molecule has 0 aliphatic rings. The van der Waals surface area contributed by atoms with Crippen molar-refractivity contribution >= 4 is 22.4 Å². The number of carbonyl (C=O) groups is 1. The normalized spacial score (nSPS) is 11.9. The number of anilines is 1. The van der Waals surface area contributed by atoms with Crippen LogP contribution in [0.25, 0.3) is 11.3 Å². The molecule has 1 N–H and O–H groups in total. The number of halogens is 2. The second kappa shape index (κ2) is 10.3. The van der Waals surface area contributed by atoms with Gasteiger partial charge < -0.3 is 14.2 Å². The second-order valence-electron chi connectivity index (χ2n) is 6.62. The molecule has 6 nitrogen and oxygen atoms in total. The molecule has 0 bridgehead atoms. The van der Waals surface area contributed by atoms with Gasteiger partial charge >= 0.3 is 6.61 Å². The van der Waals surface area contributed by atoms with Crippen LogP contribution in [0.2, 0.25) is 0 Å². The molecule has 0 radical (unpaired) electrons. The van der Waals surface area contributed by atoms with Gasteiger partial charge in [-0.15, -0.1) is 11.3 Å². The van der Waals surface area contributed by atoms with E-state index < -0.39 is 12.7 Å². The molecule has 0 spiro atoms. The molecule has 1 amide bonds. The van der Waals surface area contributed by atoms with Crippen molar-refractivity contribution in [3.8, 4) is 22.8 Å². The third-order valence-electron chi connectivity index (χ3n) is 4.38. The first-order valence-electron chi connectivity index (χ1n) is 9.43. The SMILES string of the molecule is COc1cccc(COC(C)C(=O)Nc2nc(-c3ccc(OC(F)F)cc3)c(C)s2)c1. The van der Waals surface area contributed by atoms with Gasteiger partial charge in [0, 0.05) is 10.4 Å². The van der Waals surface area contributed by atoms with E-state index in [-0.39, 0.29) is 18.3 Å². The van der Waals surface area contributed by atoms with E-state index in [1.807, 2.05) is 31.2 Å². The molecule has 3 aromatic rings. The van der Waals surface area contributed by atoms with Crippen LogP contribution in [0.5, 0.6) is 11.5 Å². The fourth-order valence-corrected chi connectivity index (χ4v) is 3.62. The van der Waals surface area contributed by atoms with E-state index in [2.05, 4.69) is 15.0 Å². The second-order valence-corrected chi connectivity index (χ2v) is 7.82. The highest BCUT2D eigenvalue weighted by Crippen LogP contribution is 2.31. The summed E-state index contributed by atoms with van der Waals surface area (Å²) in [6.45, 7) is 0.927. The number of thiazole rings is 1. The highest BCUT2D eigenvalue weighted by molar-refractivity contribution is 7.16. The van der Waals surface area contributed by atoms with Crippen LogP contribution in [-0.4, -0.2) is 30.7 Å². The summed E-state index contributed by atoms with van der Waals surface area (Å²) in [5.74, 6) is 0.476. The number of methoxy groups -OCH3 is 1. The summed E-state index contributed by atoms with van der Waals surface area (Å²) in [5.41, 5.74) is 2.29. The van der Waals surface area contributed by atoms with Crippen molar-refractivity contribution < 1.29 is 27.8 Å². The van der Waals surface area contributed by atoms with Gasteiger partial charge in [0.25, 0.3) is 5.91 Å². The van der Waals surface area contributed by atoms with Gasteiger partial charge in [-0.3, -0.25) is 10.1 Å². The highest BCUT2D eigenvalue weighted by atomic mass is 32.1. The Morgan fingerprint density at radius 1 is 1.16 bits per heavy atom. The fourth-order valence-electron chi connectivity index (χ4n) is 2.78. The number of hydrogen-bond donors (Lipinski definition) is 1. The van der Waals surface area contributed by atoms with Crippen LogP contribution in [0.15, 0.2) is 48.5 Å². The summed E-state index contributed by atoms with van der Waals surface area (Å²) < 4.78 is 39.8. The number of nitrogens with one attached hydrogen (secondary N) is 1. The summed E-state index contributed by atoms with van der Waals surface area (Å²) in [6, 6.07) is 13.6. The van der Waals surface area contributed by atoms with Crippen LogP contribution in [0, 0.1) is 6.92 Å². The summed E-state index contributed by atoms with van der Waals surface area (Å²) in [5, 5.41) is 3.20. The Morgan fingerprint density at radius 3 is 2.58 bits per heavy atom. The number of carbonyl (C=O) groups excluding carboxylic acids is 1. The van der Waals surface area contributed by atoms with Crippen molar-refractivity contribution in [1.29, 1.82) is 0 Å². The zero-order chi connectivity index (χ0) is 22.4. The van der Waals surface area contributed by atoms with Gasteiger partial charge in [0.1, 0.15) is 17.6 Å². The van der Waals surface area contributed by atoms with E-state index in [0.717, 1.165) is 21.8 Å². The minimum Gasteiger partial charge on any atom is -0.497 e. The number of amides is 1. The molecule has 0 fully saturated rings. The lowest BCUT2D eigenvalue weighted by Gasteiger charge is -2.12. The lowest BCUT2D eigenvalue weighted by atomic mass is 10.1. The van der Waals surface area contributed by atoms with Crippen LogP contribution in [0.3, 0.4) is 0 Å². The summed E-state index contributed by atoms with van der Waals surface area (Å²) in [4.78, 5) is 17.8. The minimum absolute atomic E-state index is 0.0715. The molecule has 164 valence electrons. The first-order chi connectivity index (χ1) is 14.9. The number of rotatable bonds is 9. The Balaban J connectivity index is 1.60. The molecule has 1 heterocycles. The van der Waals surface area contributed by atoms with E-state index in [1.54, 1.807) is 26.2 Å². The molecule has 2 aromatic carbocycles. The quantitative estimate of drug-likeness (QED) is 0.483. The Kier molecular flexibility index (Phi) is 7.54. The molecule has 1 unspecified atom stereocenters. The predicted octanol–water partition coefficient (Wildman–Crippen LogP) is 5.27. The lowest BCUT2D eigenvalue weighted by Crippen LogP contribution is -2.27. The van der Waals surface area contributed by atoms with Crippen LogP contribution in [-0.2, 0) is 16.1 Å². The van der Waals surface area contributed by atoms with Gasteiger partial charge in [-0.05, 0) is 55.8 Å². The zero-order valence-corrected chi connectivity index (χ0v) is 18.0. The predicted molar refractivity (Wildman–Crippen MR) is 115 cm³/mol. The summed E-state index contributed by atoms with van der Waals surface area (Å²) in [7, 11) is 1.59. The number of ether oxygens (including phenoxy) is 3. The Bertz CT molecular complexity index is 1020. The summed E-state index contributed by atoms with van der Waals surface area (Å²) >= 11 is 1.32. The van der Waals surface area contributed by atoms with Gasteiger partial charge in [0.15, 0.2) is 5.13 Å². The van der Waals surface area contributed by atoms with E-state index in [4.69, 9.17) is 9.47 Å². The topological polar surface area (TPSA) is 69.7 Å². The summed E-state index contributed by atoms with van der Waals surface area (Å²) in [6.07, 6.45) is -0.690. The first-order valence-corrected chi connectivity index (χ1v) is 10.3. The van der Waals surface area contributed by atoms with Gasteiger partial charge in [0.2, 0.25) is 0 Å². The Hall–Kier alpha value is -3.04. The third kappa shape index (κ3) is 6.22. The molecule has 3 rings (SSSR count). The minimum atomic E-state index is -2.87. The average Bonchev–Trinajstić information content (AvgIpc) is 3.12. The Labute approximate surface area is 182 Å². The van der Waals surface area contributed by atoms with E-state index in [9.17, 15) is 13.6 Å². The van der Waals surface area contributed by atoms with Crippen LogP contribution >= 0.6 is 11.3 Å². The van der Waals surface area contributed by atoms with Crippen molar-refractivity contribution in [2.24, 2.45) is 0 Å². The van der Waals surface area contributed by atoms with Crippen LogP contribution in [0.4, 0.5) is 13.9 Å². The van der Waals surface area contributed by atoms with E-state index in [1.165, 1.54) is 23.5 Å². The number of hydrogen-bond acceptors (Lipinski definition) is 6. The zero-order valence-electron chi connectivity index (χ0n) is 17.2. The molecule has 0 saturated carbocycles. The van der Waals surface area contributed by atoms with E-state index in [0.29, 0.717) is 10.8 Å². The number of nitrogens with zero attached hydrogens (tertiary/aromatic N) is 1. The number of benzene rings is 2. The number of alkyl halides is 2. The maximum atomic E-state index is 12.5. The monoisotopic (exact) mass is 448 g/mol. The van der Waals surface area contributed by atoms with Crippen molar-refractivity contribution in [1.82, 2.24) is 4.98 Å². The van der Waals surface area contributed by atoms with Gasteiger partial charge in [-0.25, -0.2) is 4.98 Å². The maximum Gasteiger partial charge on any atom is 0.387 e.